The molecular weight excluding hydrogens is 348 g/mol. The van der Waals surface area contributed by atoms with Crippen LogP contribution in [0, 0.1) is 0 Å². The van der Waals surface area contributed by atoms with E-state index < -0.39 is 0 Å². The molecule has 2 unspecified atom stereocenters. The molecule has 3 N–H and O–H groups in total. The van der Waals surface area contributed by atoms with Crippen molar-refractivity contribution in [1.29, 1.82) is 0 Å². The summed E-state index contributed by atoms with van der Waals surface area (Å²) >= 11 is 0. The number of rotatable bonds is 9. The summed E-state index contributed by atoms with van der Waals surface area (Å²) in [7, 11) is 6.50. The van der Waals surface area contributed by atoms with Crippen LogP contribution in [-0.2, 0) is 11.2 Å². The van der Waals surface area contributed by atoms with Crippen molar-refractivity contribution in [2.45, 2.75) is 25.2 Å². The molecule has 2 aromatic carbocycles. The third kappa shape index (κ3) is 4.31. The minimum Gasteiger partial charge on any atom is -0.496 e. The molecule has 0 aliphatic carbocycles. The molecule has 3 rings (SSSR count). The molecule has 2 aromatic rings. The first-order valence-electron chi connectivity index (χ1n) is 8.74. The predicted molar refractivity (Wildman–Crippen MR) is 104 cm³/mol. The van der Waals surface area contributed by atoms with Gasteiger partial charge in [0.05, 0.1) is 34.1 Å². The van der Waals surface area contributed by atoms with Gasteiger partial charge < -0.3 is 34.7 Å². The standard InChI is InChI=1S/C20H26N2O5/c1-23-13-10-18(25-3)14(19(11-13)26-4)6-8-17-20(27-17)22-12-5-7-16(24-2)15(21)9-12/h5,7,9-11,17,20,22H,6,8,21H2,1-4H3. The van der Waals surface area contributed by atoms with Crippen molar-refractivity contribution < 1.29 is 23.7 Å². The maximum Gasteiger partial charge on any atom is 0.154 e. The van der Waals surface area contributed by atoms with Gasteiger partial charge in [0, 0.05) is 23.4 Å². The van der Waals surface area contributed by atoms with Crippen molar-refractivity contribution >= 4 is 11.4 Å². The van der Waals surface area contributed by atoms with Gasteiger partial charge >= 0.3 is 0 Å². The van der Waals surface area contributed by atoms with Crippen LogP contribution < -0.4 is 30.0 Å². The average molecular weight is 374 g/mol. The molecule has 1 aliphatic rings. The maximum absolute atomic E-state index is 5.94. The number of nitrogens with two attached hydrogens (primary N) is 1. The third-order valence-corrected chi connectivity index (χ3v) is 4.62. The number of nitrogen functional groups attached to an aromatic ring is 1. The monoisotopic (exact) mass is 374 g/mol. The summed E-state index contributed by atoms with van der Waals surface area (Å²) in [6.45, 7) is 0. The SMILES string of the molecule is COc1cc(OC)c(CCC2OC2Nc2ccc(OC)c(N)c2)c(OC)c1. The zero-order valence-corrected chi connectivity index (χ0v) is 16.1. The summed E-state index contributed by atoms with van der Waals surface area (Å²) in [5, 5.41) is 3.33. The smallest absolute Gasteiger partial charge is 0.154 e. The van der Waals surface area contributed by atoms with Crippen LogP contribution in [0.2, 0.25) is 0 Å². The number of methoxy groups -OCH3 is 4. The highest BCUT2D eigenvalue weighted by Crippen LogP contribution is 2.37. The van der Waals surface area contributed by atoms with Gasteiger partial charge in [0.1, 0.15) is 29.1 Å². The van der Waals surface area contributed by atoms with E-state index >= 15 is 0 Å². The van der Waals surface area contributed by atoms with E-state index in [1.807, 2.05) is 30.3 Å². The lowest BCUT2D eigenvalue weighted by atomic mass is 10.0. The second kappa shape index (κ2) is 8.26. The first kappa shape index (κ1) is 19.0. The molecular formula is C20H26N2O5. The molecule has 27 heavy (non-hydrogen) atoms. The number of nitrogens with one attached hydrogen (secondary N) is 1. The molecule has 0 aromatic heterocycles. The van der Waals surface area contributed by atoms with E-state index in [0.717, 1.165) is 35.6 Å². The Labute approximate surface area is 159 Å². The Balaban J connectivity index is 1.60. The van der Waals surface area contributed by atoms with Crippen LogP contribution in [0.1, 0.15) is 12.0 Å². The number of hydrogen-bond donors (Lipinski definition) is 2. The van der Waals surface area contributed by atoms with Crippen LogP contribution >= 0.6 is 0 Å². The van der Waals surface area contributed by atoms with Gasteiger partial charge in [-0.2, -0.15) is 0 Å². The normalized spacial score (nSPS) is 17.9. The minimum absolute atomic E-state index is 0.0342. The molecule has 1 heterocycles. The third-order valence-electron chi connectivity index (χ3n) is 4.62. The van der Waals surface area contributed by atoms with Gasteiger partial charge in [-0.25, -0.2) is 0 Å². The summed E-state index contributed by atoms with van der Waals surface area (Å²) in [4.78, 5) is 0. The van der Waals surface area contributed by atoms with Crippen LogP contribution in [0.3, 0.4) is 0 Å². The molecule has 7 nitrogen and oxygen atoms in total. The Hall–Kier alpha value is -2.80. The molecule has 7 heteroatoms. The fourth-order valence-corrected chi connectivity index (χ4v) is 3.09. The van der Waals surface area contributed by atoms with Gasteiger partial charge in [0.2, 0.25) is 0 Å². The molecule has 146 valence electrons. The van der Waals surface area contributed by atoms with Crippen molar-refractivity contribution in [3.63, 3.8) is 0 Å². The fourth-order valence-electron chi connectivity index (χ4n) is 3.09. The van der Waals surface area contributed by atoms with E-state index in [0.29, 0.717) is 17.2 Å². The van der Waals surface area contributed by atoms with Crippen molar-refractivity contribution in [1.82, 2.24) is 0 Å². The van der Waals surface area contributed by atoms with Crippen molar-refractivity contribution in [2.75, 3.05) is 39.5 Å². The topological polar surface area (TPSA) is 87.5 Å². The zero-order chi connectivity index (χ0) is 19.4. The average Bonchev–Trinajstić information content (AvgIpc) is 3.43. The summed E-state index contributed by atoms with van der Waals surface area (Å²) in [6, 6.07) is 9.32. The number of hydrogen-bond acceptors (Lipinski definition) is 7. The highest BCUT2D eigenvalue weighted by molar-refractivity contribution is 5.62. The van der Waals surface area contributed by atoms with E-state index in [2.05, 4.69) is 5.32 Å². The molecule has 0 bridgehead atoms. The van der Waals surface area contributed by atoms with Crippen molar-refractivity contribution in [3.05, 3.63) is 35.9 Å². The van der Waals surface area contributed by atoms with Crippen LogP contribution in [0.25, 0.3) is 0 Å². The lowest BCUT2D eigenvalue weighted by molar-refractivity contribution is 0.358. The van der Waals surface area contributed by atoms with Crippen LogP contribution in [-0.4, -0.2) is 40.8 Å². The number of epoxide rings is 1. The number of anilines is 2. The van der Waals surface area contributed by atoms with E-state index in [1.165, 1.54) is 0 Å². The summed E-state index contributed by atoms with van der Waals surface area (Å²) in [5.41, 5.74) is 8.44. The van der Waals surface area contributed by atoms with Gasteiger partial charge in [0.25, 0.3) is 0 Å². The van der Waals surface area contributed by atoms with Crippen molar-refractivity contribution in [3.8, 4) is 23.0 Å². The Morgan fingerprint density at radius 3 is 2.15 bits per heavy atom. The van der Waals surface area contributed by atoms with E-state index in [-0.39, 0.29) is 12.3 Å². The Morgan fingerprint density at radius 1 is 0.926 bits per heavy atom. The second-order valence-electron chi connectivity index (χ2n) is 6.25. The Kier molecular flexibility index (Phi) is 5.81. The molecule has 1 fully saturated rings. The summed E-state index contributed by atoms with van der Waals surface area (Å²) < 4.78 is 27.2. The van der Waals surface area contributed by atoms with E-state index in [4.69, 9.17) is 29.4 Å². The molecule has 0 amide bonds. The molecule has 1 aliphatic heterocycles. The van der Waals surface area contributed by atoms with Crippen LogP contribution in [0.4, 0.5) is 11.4 Å². The first-order valence-corrected chi connectivity index (χ1v) is 8.74. The zero-order valence-electron chi connectivity index (χ0n) is 16.1. The van der Waals surface area contributed by atoms with Gasteiger partial charge in [-0.3, -0.25) is 0 Å². The molecule has 0 radical (unpaired) electrons. The first-order chi connectivity index (χ1) is 13.1. The van der Waals surface area contributed by atoms with Gasteiger partial charge in [-0.15, -0.1) is 0 Å². The van der Waals surface area contributed by atoms with Gasteiger partial charge in [-0.1, -0.05) is 0 Å². The van der Waals surface area contributed by atoms with Gasteiger partial charge in [0.15, 0.2) is 6.23 Å². The molecule has 0 spiro atoms. The molecule has 0 saturated carbocycles. The lowest BCUT2D eigenvalue weighted by Gasteiger charge is -2.14. The highest BCUT2D eigenvalue weighted by Gasteiger charge is 2.38. The quantitative estimate of drug-likeness (QED) is 0.515. The predicted octanol–water partition coefficient (Wildman–Crippen LogP) is 3.07. The van der Waals surface area contributed by atoms with Gasteiger partial charge in [-0.05, 0) is 31.0 Å². The molecule has 1 saturated heterocycles. The maximum atomic E-state index is 5.94. The number of benzene rings is 2. The lowest BCUT2D eigenvalue weighted by Crippen LogP contribution is -2.09. The highest BCUT2D eigenvalue weighted by atomic mass is 16.6. The van der Waals surface area contributed by atoms with Crippen LogP contribution in [0.15, 0.2) is 30.3 Å². The number of ether oxygens (including phenoxy) is 5. The summed E-state index contributed by atoms with van der Waals surface area (Å²) in [5.74, 6) is 2.86. The van der Waals surface area contributed by atoms with E-state index in [9.17, 15) is 0 Å². The minimum atomic E-state index is -0.0342. The largest absolute Gasteiger partial charge is 0.496 e. The summed E-state index contributed by atoms with van der Waals surface area (Å²) in [6.07, 6.45) is 1.68. The fraction of sp³-hybridized carbons (Fsp3) is 0.400. The van der Waals surface area contributed by atoms with E-state index in [1.54, 1.807) is 28.4 Å². The Morgan fingerprint density at radius 2 is 1.59 bits per heavy atom. The van der Waals surface area contributed by atoms with Crippen molar-refractivity contribution in [2.24, 2.45) is 0 Å². The Bertz CT molecular complexity index is 771. The van der Waals surface area contributed by atoms with Crippen LogP contribution in [0.5, 0.6) is 23.0 Å². The second-order valence-corrected chi connectivity index (χ2v) is 6.25. The molecule has 2 atom stereocenters.